The molecule has 0 bridgehead atoms. The molecule has 0 spiro atoms. The maximum absolute atomic E-state index is 5.94. The van der Waals surface area contributed by atoms with Crippen LogP contribution < -0.4 is 5.73 Å². The normalized spacial score (nSPS) is 30.5. The van der Waals surface area contributed by atoms with Crippen molar-refractivity contribution < 1.29 is 4.74 Å². The second kappa shape index (κ2) is 3.61. The van der Waals surface area contributed by atoms with Gasteiger partial charge in [0.05, 0.1) is 12.3 Å². The van der Waals surface area contributed by atoms with E-state index in [1.54, 1.807) is 0 Å². The van der Waals surface area contributed by atoms with Gasteiger partial charge in [-0.3, -0.25) is 0 Å². The van der Waals surface area contributed by atoms with Crippen molar-refractivity contribution in [2.24, 2.45) is 5.73 Å². The predicted molar refractivity (Wildman–Crippen MR) is 56.7 cm³/mol. The molecule has 4 heteroatoms. The van der Waals surface area contributed by atoms with Gasteiger partial charge in [0.25, 0.3) is 0 Å². The Balaban J connectivity index is 1.85. The van der Waals surface area contributed by atoms with Gasteiger partial charge in [0.2, 0.25) is 0 Å². The van der Waals surface area contributed by atoms with Gasteiger partial charge in [0.15, 0.2) is 0 Å². The summed E-state index contributed by atoms with van der Waals surface area (Å²) in [6.45, 7) is 2.64. The van der Waals surface area contributed by atoms with Crippen LogP contribution in [-0.4, -0.2) is 28.8 Å². The van der Waals surface area contributed by atoms with Gasteiger partial charge in [-0.25, -0.2) is 4.98 Å². The number of rotatable bonds is 1. The lowest BCUT2D eigenvalue weighted by molar-refractivity contribution is 0.193. The molecule has 3 rings (SSSR count). The SMILES string of the molecule is NC1CCc2nc(C3CCOC3)cn2C1. The third-order valence-corrected chi connectivity index (χ3v) is 3.40. The molecule has 2 aliphatic heterocycles. The largest absolute Gasteiger partial charge is 0.381 e. The zero-order valence-electron chi connectivity index (χ0n) is 8.85. The highest BCUT2D eigenvalue weighted by Crippen LogP contribution is 2.26. The Morgan fingerprint density at radius 3 is 3.20 bits per heavy atom. The third-order valence-electron chi connectivity index (χ3n) is 3.40. The van der Waals surface area contributed by atoms with Gasteiger partial charge in [0.1, 0.15) is 5.82 Å². The van der Waals surface area contributed by atoms with Crippen molar-refractivity contribution in [2.45, 2.75) is 37.8 Å². The van der Waals surface area contributed by atoms with E-state index in [0.717, 1.165) is 39.0 Å². The van der Waals surface area contributed by atoms with Crippen molar-refractivity contribution in [3.63, 3.8) is 0 Å². The van der Waals surface area contributed by atoms with Crippen molar-refractivity contribution in [1.82, 2.24) is 9.55 Å². The van der Waals surface area contributed by atoms with Gasteiger partial charge in [-0.15, -0.1) is 0 Å². The molecule has 1 fully saturated rings. The van der Waals surface area contributed by atoms with Crippen molar-refractivity contribution >= 4 is 0 Å². The van der Waals surface area contributed by atoms with E-state index in [9.17, 15) is 0 Å². The second-order valence-electron chi connectivity index (χ2n) is 4.59. The molecule has 0 radical (unpaired) electrons. The fraction of sp³-hybridized carbons (Fsp3) is 0.727. The fourth-order valence-corrected chi connectivity index (χ4v) is 2.46. The van der Waals surface area contributed by atoms with Gasteiger partial charge in [0, 0.05) is 37.7 Å². The molecule has 3 heterocycles. The fourth-order valence-electron chi connectivity index (χ4n) is 2.46. The summed E-state index contributed by atoms with van der Waals surface area (Å²) in [6, 6.07) is 0.305. The van der Waals surface area contributed by atoms with E-state index in [0.29, 0.717) is 12.0 Å². The van der Waals surface area contributed by atoms with Gasteiger partial charge < -0.3 is 15.0 Å². The summed E-state index contributed by atoms with van der Waals surface area (Å²) < 4.78 is 7.61. The molecule has 1 aromatic heterocycles. The Morgan fingerprint density at radius 1 is 1.47 bits per heavy atom. The zero-order chi connectivity index (χ0) is 10.3. The van der Waals surface area contributed by atoms with Crippen LogP contribution in [0.5, 0.6) is 0 Å². The minimum Gasteiger partial charge on any atom is -0.381 e. The first kappa shape index (κ1) is 9.36. The highest BCUT2D eigenvalue weighted by molar-refractivity contribution is 5.13. The van der Waals surface area contributed by atoms with E-state index in [1.807, 2.05) is 0 Å². The number of hydrogen-bond donors (Lipinski definition) is 1. The standard InChI is InChI=1S/C11H17N3O/c12-9-1-2-11-13-10(6-14(11)5-9)8-3-4-15-7-8/h6,8-9H,1-5,7,12H2. The minimum absolute atomic E-state index is 0.305. The molecule has 0 saturated carbocycles. The number of aryl methyl sites for hydroxylation is 1. The van der Waals surface area contributed by atoms with Crippen molar-refractivity contribution in [1.29, 1.82) is 0 Å². The smallest absolute Gasteiger partial charge is 0.109 e. The molecule has 0 amide bonds. The average molecular weight is 207 g/mol. The Hall–Kier alpha value is -0.870. The third kappa shape index (κ3) is 1.68. The van der Waals surface area contributed by atoms with Crippen LogP contribution in [0.3, 0.4) is 0 Å². The van der Waals surface area contributed by atoms with Gasteiger partial charge in [-0.2, -0.15) is 0 Å². The van der Waals surface area contributed by atoms with Crippen molar-refractivity contribution in [3.05, 3.63) is 17.7 Å². The molecule has 4 nitrogen and oxygen atoms in total. The van der Waals surface area contributed by atoms with E-state index in [-0.39, 0.29) is 0 Å². The summed E-state index contributed by atoms with van der Waals surface area (Å²) in [5, 5.41) is 0. The Kier molecular flexibility index (Phi) is 2.25. The Morgan fingerprint density at radius 2 is 2.40 bits per heavy atom. The number of hydrogen-bond acceptors (Lipinski definition) is 3. The highest BCUT2D eigenvalue weighted by Gasteiger charge is 2.24. The van der Waals surface area contributed by atoms with Crippen molar-refractivity contribution in [2.75, 3.05) is 13.2 Å². The molecule has 15 heavy (non-hydrogen) atoms. The quantitative estimate of drug-likeness (QED) is 0.736. The highest BCUT2D eigenvalue weighted by atomic mass is 16.5. The van der Waals surface area contributed by atoms with Crippen LogP contribution in [0.2, 0.25) is 0 Å². The molecule has 2 atom stereocenters. The maximum atomic E-state index is 5.94. The number of nitrogens with zero attached hydrogens (tertiary/aromatic N) is 2. The van der Waals surface area contributed by atoms with Crippen LogP contribution in [0, 0.1) is 0 Å². The number of nitrogens with two attached hydrogens (primary N) is 1. The summed E-state index contributed by atoms with van der Waals surface area (Å²) in [6.07, 6.45) is 5.38. The summed E-state index contributed by atoms with van der Waals surface area (Å²) in [4.78, 5) is 4.69. The minimum atomic E-state index is 0.305. The van der Waals surface area contributed by atoms with Crippen LogP contribution >= 0.6 is 0 Å². The lowest BCUT2D eigenvalue weighted by Gasteiger charge is -2.19. The molecular formula is C11H17N3O. The van der Waals surface area contributed by atoms with Gasteiger partial charge in [-0.1, -0.05) is 0 Å². The Bertz CT molecular complexity index is 355. The number of ether oxygens (including phenoxy) is 1. The van der Waals surface area contributed by atoms with Gasteiger partial charge in [-0.05, 0) is 12.8 Å². The molecule has 2 unspecified atom stereocenters. The summed E-state index contributed by atoms with van der Waals surface area (Å²) in [5.41, 5.74) is 7.14. The molecule has 1 saturated heterocycles. The number of imidazole rings is 1. The molecule has 2 N–H and O–H groups in total. The maximum Gasteiger partial charge on any atom is 0.109 e. The molecule has 0 aliphatic carbocycles. The monoisotopic (exact) mass is 207 g/mol. The summed E-state index contributed by atoms with van der Waals surface area (Å²) in [7, 11) is 0. The molecule has 2 aliphatic rings. The molecule has 1 aromatic rings. The van der Waals surface area contributed by atoms with E-state index < -0.39 is 0 Å². The van der Waals surface area contributed by atoms with E-state index in [1.165, 1.54) is 11.5 Å². The molecule has 0 aromatic carbocycles. The molecule has 82 valence electrons. The number of fused-ring (bicyclic) bond motifs is 1. The van der Waals surface area contributed by atoms with Crippen molar-refractivity contribution in [3.8, 4) is 0 Å². The van der Waals surface area contributed by atoms with Crippen LogP contribution in [-0.2, 0) is 17.7 Å². The van der Waals surface area contributed by atoms with E-state index >= 15 is 0 Å². The zero-order valence-corrected chi connectivity index (χ0v) is 8.85. The number of aromatic nitrogens is 2. The molecular weight excluding hydrogens is 190 g/mol. The van der Waals surface area contributed by atoms with E-state index in [4.69, 9.17) is 15.5 Å². The predicted octanol–water partition coefficient (Wildman–Crippen LogP) is 0.660. The first-order valence-electron chi connectivity index (χ1n) is 5.72. The topological polar surface area (TPSA) is 53.1 Å². The van der Waals surface area contributed by atoms with Crippen LogP contribution in [0.25, 0.3) is 0 Å². The Labute approximate surface area is 89.4 Å². The lowest BCUT2D eigenvalue weighted by atomic mass is 10.1. The van der Waals surface area contributed by atoms with E-state index in [2.05, 4.69) is 10.8 Å². The second-order valence-corrected chi connectivity index (χ2v) is 4.59. The van der Waals surface area contributed by atoms with Crippen LogP contribution in [0.1, 0.15) is 30.3 Å². The van der Waals surface area contributed by atoms with Gasteiger partial charge >= 0.3 is 0 Å². The average Bonchev–Trinajstić information content (AvgIpc) is 2.84. The van der Waals surface area contributed by atoms with Crippen LogP contribution in [0.15, 0.2) is 6.20 Å². The first-order valence-corrected chi connectivity index (χ1v) is 5.72. The first-order chi connectivity index (χ1) is 7.33. The summed E-state index contributed by atoms with van der Waals surface area (Å²) >= 11 is 0. The lowest BCUT2D eigenvalue weighted by Crippen LogP contribution is -2.31. The summed E-state index contributed by atoms with van der Waals surface area (Å²) in [5.74, 6) is 1.72. The van der Waals surface area contributed by atoms with Crippen LogP contribution in [0.4, 0.5) is 0 Å².